The highest BCUT2D eigenvalue weighted by atomic mass is 16.7. The molecule has 0 atom stereocenters. The van der Waals surface area contributed by atoms with Gasteiger partial charge in [0.1, 0.15) is 12.1 Å². The summed E-state index contributed by atoms with van der Waals surface area (Å²) in [5.74, 6) is -1.75. The molecule has 0 fully saturated rings. The highest BCUT2D eigenvalue weighted by molar-refractivity contribution is 5.93. The molecule has 1 rings (SSSR count). The van der Waals surface area contributed by atoms with E-state index in [0.29, 0.717) is 0 Å². The average molecular weight is 268 g/mol. The lowest BCUT2D eigenvalue weighted by Crippen LogP contribution is -2.40. The Morgan fingerprint density at radius 2 is 2.11 bits per heavy atom. The maximum atomic E-state index is 12.1. The maximum absolute atomic E-state index is 12.1. The van der Waals surface area contributed by atoms with Gasteiger partial charge in [-0.15, -0.1) is 0 Å². The molecule has 0 spiro atoms. The number of carbonyl (C=O) groups is 2. The summed E-state index contributed by atoms with van der Waals surface area (Å²) in [4.78, 5) is 39.6. The van der Waals surface area contributed by atoms with Crippen molar-refractivity contribution in [3.05, 3.63) is 34.2 Å². The van der Waals surface area contributed by atoms with Gasteiger partial charge in [0.25, 0.3) is 11.5 Å². The van der Waals surface area contributed by atoms with Crippen molar-refractivity contribution in [2.75, 3.05) is 7.11 Å². The Morgan fingerprint density at radius 3 is 2.58 bits per heavy atom. The number of carboxylic acids is 1. The van der Waals surface area contributed by atoms with Gasteiger partial charge in [-0.05, 0) is 26.0 Å². The summed E-state index contributed by atoms with van der Waals surface area (Å²) >= 11 is 0. The highest BCUT2D eigenvalue weighted by Crippen LogP contribution is 2.05. The Kier molecular flexibility index (Phi) is 4.82. The Bertz CT molecular complexity index is 535. The Labute approximate surface area is 110 Å². The number of amides is 1. The van der Waals surface area contributed by atoms with Crippen molar-refractivity contribution < 1.29 is 19.5 Å². The first-order chi connectivity index (χ1) is 8.88. The molecule has 104 valence electrons. The topological polar surface area (TPSA) is 88.8 Å². The van der Waals surface area contributed by atoms with Crippen LogP contribution in [0.4, 0.5) is 0 Å². The molecule has 1 aromatic rings. The Morgan fingerprint density at radius 1 is 1.47 bits per heavy atom. The number of hydroxylamine groups is 2. The van der Waals surface area contributed by atoms with Crippen LogP contribution >= 0.6 is 0 Å². The SMILES string of the molecule is CON(C(=O)c1cccn(CC(=O)O)c1=O)C(C)C. The number of aliphatic carboxylic acids is 1. The second-order valence-electron chi connectivity index (χ2n) is 4.16. The molecular formula is C12H16N2O5. The van der Waals surface area contributed by atoms with E-state index in [4.69, 9.17) is 9.94 Å². The lowest BCUT2D eigenvalue weighted by molar-refractivity contribution is -0.137. The van der Waals surface area contributed by atoms with E-state index in [9.17, 15) is 14.4 Å². The van der Waals surface area contributed by atoms with Crippen molar-refractivity contribution in [2.24, 2.45) is 0 Å². The molecule has 0 radical (unpaired) electrons. The summed E-state index contributed by atoms with van der Waals surface area (Å²) in [5, 5.41) is 9.74. The number of hydrogen-bond acceptors (Lipinski definition) is 4. The van der Waals surface area contributed by atoms with E-state index in [-0.39, 0.29) is 11.6 Å². The molecule has 7 nitrogen and oxygen atoms in total. The predicted octanol–water partition coefficient (Wildman–Crippen LogP) is 0.345. The Balaban J connectivity index is 3.18. The number of carboxylic acid groups (broad SMARTS) is 1. The van der Waals surface area contributed by atoms with Crippen LogP contribution in [-0.4, -0.2) is 39.8 Å². The van der Waals surface area contributed by atoms with Crippen molar-refractivity contribution in [3.63, 3.8) is 0 Å². The zero-order valence-electron chi connectivity index (χ0n) is 11.0. The lowest BCUT2D eigenvalue weighted by atomic mass is 10.2. The van der Waals surface area contributed by atoms with Gasteiger partial charge in [-0.1, -0.05) is 0 Å². The fourth-order valence-corrected chi connectivity index (χ4v) is 1.62. The fraction of sp³-hybridized carbons (Fsp3) is 0.417. The first-order valence-electron chi connectivity index (χ1n) is 5.67. The van der Waals surface area contributed by atoms with E-state index < -0.39 is 24.0 Å². The van der Waals surface area contributed by atoms with Crippen molar-refractivity contribution >= 4 is 11.9 Å². The maximum Gasteiger partial charge on any atom is 0.323 e. The molecule has 19 heavy (non-hydrogen) atoms. The number of nitrogens with zero attached hydrogens (tertiary/aromatic N) is 2. The van der Waals surface area contributed by atoms with E-state index in [1.165, 1.54) is 25.4 Å². The third-order valence-corrected chi connectivity index (χ3v) is 2.42. The first-order valence-corrected chi connectivity index (χ1v) is 5.67. The lowest BCUT2D eigenvalue weighted by Gasteiger charge is -2.23. The van der Waals surface area contributed by atoms with Gasteiger partial charge in [-0.25, -0.2) is 5.06 Å². The van der Waals surface area contributed by atoms with Crippen molar-refractivity contribution in [3.8, 4) is 0 Å². The molecule has 0 aromatic carbocycles. The standard InChI is InChI=1S/C12H16N2O5/c1-8(2)14(19-3)12(18)9-5-4-6-13(11(9)17)7-10(15)16/h4-6,8H,7H2,1-3H3,(H,15,16). The van der Waals surface area contributed by atoms with E-state index in [1.54, 1.807) is 13.8 Å². The van der Waals surface area contributed by atoms with Crippen LogP contribution in [-0.2, 0) is 16.2 Å². The van der Waals surface area contributed by atoms with E-state index in [0.717, 1.165) is 9.63 Å². The number of aromatic nitrogens is 1. The zero-order valence-corrected chi connectivity index (χ0v) is 11.0. The van der Waals surface area contributed by atoms with Crippen molar-refractivity contribution in [1.82, 2.24) is 9.63 Å². The molecule has 1 amide bonds. The molecule has 1 heterocycles. The summed E-state index contributed by atoms with van der Waals surface area (Å²) in [5.41, 5.74) is -0.781. The molecule has 7 heteroatoms. The van der Waals surface area contributed by atoms with Gasteiger partial charge in [-0.2, -0.15) is 0 Å². The third kappa shape index (κ3) is 3.41. The van der Waals surface area contributed by atoms with Gasteiger partial charge < -0.3 is 9.67 Å². The van der Waals surface area contributed by atoms with Crippen LogP contribution < -0.4 is 5.56 Å². The first kappa shape index (κ1) is 14.9. The molecule has 0 bridgehead atoms. The van der Waals surface area contributed by atoms with Crippen LogP contribution in [0.1, 0.15) is 24.2 Å². The molecular weight excluding hydrogens is 252 g/mol. The summed E-state index contributed by atoms with van der Waals surface area (Å²) in [7, 11) is 1.33. The van der Waals surface area contributed by atoms with Gasteiger partial charge in [-0.3, -0.25) is 19.2 Å². The number of pyridine rings is 1. The van der Waals surface area contributed by atoms with E-state index in [2.05, 4.69) is 0 Å². The largest absolute Gasteiger partial charge is 0.480 e. The van der Waals surface area contributed by atoms with Crippen LogP contribution in [0.25, 0.3) is 0 Å². The molecule has 0 aliphatic heterocycles. The number of hydrogen-bond donors (Lipinski definition) is 1. The summed E-state index contributed by atoms with van der Waals surface area (Å²) in [6, 6.07) is 2.55. The zero-order chi connectivity index (χ0) is 14.6. The number of rotatable bonds is 5. The molecule has 0 unspecified atom stereocenters. The van der Waals surface area contributed by atoms with Crippen LogP contribution in [0.3, 0.4) is 0 Å². The summed E-state index contributed by atoms with van der Waals surface area (Å²) in [6.07, 6.45) is 1.32. The minimum absolute atomic E-state index is 0.126. The normalized spacial score (nSPS) is 10.5. The van der Waals surface area contributed by atoms with E-state index in [1.807, 2.05) is 0 Å². The molecule has 0 saturated carbocycles. The second-order valence-corrected chi connectivity index (χ2v) is 4.16. The van der Waals surface area contributed by atoms with Gasteiger partial charge in [0.2, 0.25) is 0 Å². The predicted molar refractivity (Wildman–Crippen MR) is 66.7 cm³/mol. The molecule has 0 aliphatic rings. The van der Waals surface area contributed by atoms with Crippen LogP contribution in [0.2, 0.25) is 0 Å². The molecule has 0 aliphatic carbocycles. The van der Waals surface area contributed by atoms with Gasteiger partial charge in [0.05, 0.1) is 13.2 Å². The van der Waals surface area contributed by atoms with Gasteiger partial charge in [0.15, 0.2) is 0 Å². The fourth-order valence-electron chi connectivity index (χ4n) is 1.62. The molecule has 0 saturated heterocycles. The quantitative estimate of drug-likeness (QED) is 0.778. The molecule has 1 N–H and O–H groups in total. The summed E-state index contributed by atoms with van der Waals surface area (Å²) < 4.78 is 0.962. The van der Waals surface area contributed by atoms with Crippen LogP contribution in [0.5, 0.6) is 0 Å². The monoisotopic (exact) mass is 268 g/mol. The van der Waals surface area contributed by atoms with Crippen molar-refractivity contribution in [1.29, 1.82) is 0 Å². The Hall–Kier alpha value is -2.15. The van der Waals surface area contributed by atoms with Crippen LogP contribution in [0.15, 0.2) is 23.1 Å². The molecule has 1 aromatic heterocycles. The van der Waals surface area contributed by atoms with Crippen LogP contribution in [0, 0.1) is 0 Å². The highest BCUT2D eigenvalue weighted by Gasteiger charge is 2.22. The minimum Gasteiger partial charge on any atom is -0.480 e. The van der Waals surface area contributed by atoms with Crippen molar-refractivity contribution in [2.45, 2.75) is 26.4 Å². The van der Waals surface area contributed by atoms with E-state index >= 15 is 0 Å². The van der Waals surface area contributed by atoms with Gasteiger partial charge in [0, 0.05) is 6.20 Å². The number of carbonyl (C=O) groups excluding carboxylic acids is 1. The third-order valence-electron chi connectivity index (χ3n) is 2.42. The smallest absolute Gasteiger partial charge is 0.323 e. The van der Waals surface area contributed by atoms with Gasteiger partial charge >= 0.3 is 5.97 Å². The summed E-state index contributed by atoms with van der Waals surface area (Å²) in [6.45, 7) is 2.98. The second kappa shape index (κ2) is 6.14. The minimum atomic E-state index is -1.15. The average Bonchev–Trinajstić information content (AvgIpc) is 2.31.